The van der Waals surface area contributed by atoms with Gasteiger partial charge in [0.25, 0.3) is 0 Å². The van der Waals surface area contributed by atoms with E-state index < -0.39 is 9.84 Å². The summed E-state index contributed by atoms with van der Waals surface area (Å²) in [5, 5.41) is 0. The molecular weight excluding hydrogens is 773 g/mol. The molecule has 0 bridgehead atoms. The van der Waals surface area contributed by atoms with Crippen LogP contribution in [-0.4, -0.2) is 8.42 Å². The summed E-state index contributed by atoms with van der Waals surface area (Å²) in [7, 11) is -3.71. The second kappa shape index (κ2) is 13.3. The Kier molecular flexibility index (Phi) is 8.16. The molecule has 0 atom stereocenters. The summed E-state index contributed by atoms with van der Waals surface area (Å²) in [5.41, 5.74) is 15.8. The summed E-state index contributed by atoms with van der Waals surface area (Å²) in [4.78, 5) is 6.89. The number of sulfone groups is 1. The van der Waals surface area contributed by atoms with Crippen LogP contribution < -0.4 is 9.80 Å². The van der Waals surface area contributed by atoms with E-state index in [1.54, 1.807) is 12.1 Å². The highest BCUT2D eigenvalue weighted by Crippen LogP contribution is 2.54. The van der Waals surface area contributed by atoms with Crippen molar-refractivity contribution in [2.24, 2.45) is 0 Å². The summed E-state index contributed by atoms with van der Waals surface area (Å²) in [5.74, 6) is 0. The van der Waals surface area contributed by atoms with Crippen molar-refractivity contribution in [2.75, 3.05) is 9.80 Å². The first kappa shape index (κ1) is 36.7. The van der Waals surface area contributed by atoms with Crippen molar-refractivity contribution >= 4 is 55.7 Å². The Morgan fingerprint density at radius 2 is 0.683 bits per heavy atom. The zero-order chi connectivity index (χ0) is 41.0. The molecule has 0 amide bonds. The van der Waals surface area contributed by atoms with Gasteiger partial charge in [-0.05, 0) is 117 Å². The zero-order valence-electron chi connectivity index (χ0n) is 33.8. The normalized spacial score (nSPS) is 16.1. The van der Waals surface area contributed by atoms with Crippen molar-refractivity contribution in [3.8, 4) is 22.3 Å². The maximum atomic E-state index is 14.1. The number of benzene rings is 8. The Labute approximate surface area is 356 Å². The Balaban J connectivity index is 0.899. The van der Waals surface area contributed by atoms with Gasteiger partial charge in [0, 0.05) is 32.0 Å². The van der Waals surface area contributed by atoms with Crippen molar-refractivity contribution in [1.82, 2.24) is 0 Å². The highest BCUT2D eigenvalue weighted by atomic mass is 32.2. The van der Waals surface area contributed by atoms with Crippen molar-refractivity contribution in [1.29, 1.82) is 0 Å². The standard InChI is InChI=1S/C54H42N2O2S2/c1-53(2)41-13-5-9-17-45(41)55(46-18-10-6-14-42(46)53)39-27-21-35(22-28-39)37-25-31-51-49(33-37)59-50-34-38(26-32-52(50)60(51,57)58)36-23-29-40(30-24-36)56-47-19-11-7-15-43(47)54(3,4)44-16-8-12-20-48(44)56/h5-34H,1-4H3. The molecule has 0 N–H and O–H groups in total. The van der Waals surface area contributed by atoms with E-state index in [9.17, 15) is 8.42 Å². The third-order valence-electron chi connectivity index (χ3n) is 12.9. The number of anilines is 6. The van der Waals surface area contributed by atoms with Crippen LogP contribution in [0.2, 0.25) is 0 Å². The van der Waals surface area contributed by atoms with E-state index in [4.69, 9.17) is 0 Å². The SMILES string of the molecule is CC1(C)c2ccccc2N(c2ccc(-c3ccc4c(c3)Sc3cc(-c5ccc(N6c7ccccc7C(C)(C)c7ccccc76)cc5)ccc3S4(=O)=O)cc2)c2ccccc21. The van der Waals surface area contributed by atoms with Crippen molar-refractivity contribution in [3.05, 3.63) is 204 Å². The van der Waals surface area contributed by atoms with E-state index in [0.717, 1.165) is 43.4 Å². The number of nitrogens with zero attached hydrogens (tertiary/aromatic N) is 2. The number of hydrogen-bond donors (Lipinski definition) is 0. The van der Waals surface area contributed by atoms with Gasteiger partial charge in [-0.3, -0.25) is 0 Å². The third kappa shape index (κ3) is 5.47. The summed E-state index contributed by atoms with van der Waals surface area (Å²) in [6.07, 6.45) is 0. The molecule has 0 fully saturated rings. The van der Waals surface area contributed by atoms with Crippen LogP contribution in [0.15, 0.2) is 202 Å². The second-order valence-corrected chi connectivity index (χ2v) is 20.0. The van der Waals surface area contributed by atoms with Gasteiger partial charge in [-0.25, -0.2) is 8.42 Å². The maximum Gasteiger partial charge on any atom is 0.208 e. The van der Waals surface area contributed by atoms with E-state index >= 15 is 0 Å². The van der Waals surface area contributed by atoms with Gasteiger partial charge in [-0.15, -0.1) is 0 Å². The molecule has 8 aromatic rings. The van der Waals surface area contributed by atoms with E-state index in [1.807, 2.05) is 24.3 Å². The predicted molar refractivity (Wildman–Crippen MR) is 247 cm³/mol. The largest absolute Gasteiger partial charge is 0.310 e. The van der Waals surface area contributed by atoms with Crippen LogP contribution in [-0.2, 0) is 20.7 Å². The minimum atomic E-state index is -3.71. The van der Waals surface area contributed by atoms with Crippen molar-refractivity contribution in [3.63, 3.8) is 0 Å². The number of fused-ring (bicyclic) bond motifs is 6. The van der Waals surface area contributed by atoms with Crippen LogP contribution in [0.3, 0.4) is 0 Å². The highest BCUT2D eigenvalue weighted by Gasteiger charge is 2.38. The second-order valence-electron chi connectivity index (χ2n) is 17.0. The molecule has 6 heteroatoms. The summed E-state index contributed by atoms with van der Waals surface area (Å²) in [6.45, 7) is 9.19. The Bertz CT molecular complexity index is 2850. The highest BCUT2D eigenvalue weighted by molar-refractivity contribution is 8.02. The Hall–Kier alpha value is -6.34. The molecule has 3 heterocycles. The zero-order valence-corrected chi connectivity index (χ0v) is 35.5. The molecule has 60 heavy (non-hydrogen) atoms. The lowest BCUT2D eigenvalue weighted by Gasteiger charge is -2.42. The molecule has 0 saturated heterocycles. The van der Waals surface area contributed by atoms with E-state index in [2.05, 4.69) is 183 Å². The monoisotopic (exact) mass is 814 g/mol. The third-order valence-corrected chi connectivity index (χ3v) is 16.1. The minimum absolute atomic E-state index is 0.124. The topological polar surface area (TPSA) is 40.6 Å². The molecule has 0 unspecified atom stereocenters. The van der Waals surface area contributed by atoms with Gasteiger partial charge in [0.1, 0.15) is 0 Å². The number of hydrogen-bond acceptors (Lipinski definition) is 5. The molecule has 0 aromatic heterocycles. The molecule has 4 nitrogen and oxygen atoms in total. The first-order chi connectivity index (χ1) is 29.0. The Morgan fingerprint density at radius 3 is 1.02 bits per heavy atom. The van der Waals surface area contributed by atoms with E-state index in [0.29, 0.717) is 9.79 Å². The lowest BCUT2D eigenvalue weighted by Crippen LogP contribution is -2.30. The molecule has 0 saturated carbocycles. The fraction of sp³-hybridized carbons (Fsp3) is 0.111. The van der Waals surface area contributed by atoms with E-state index in [-0.39, 0.29) is 10.8 Å². The minimum Gasteiger partial charge on any atom is -0.310 e. The molecule has 8 aromatic carbocycles. The fourth-order valence-corrected chi connectivity index (χ4v) is 12.9. The first-order valence-electron chi connectivity index (χ1n) is 20.4. The predicted octanol–water partition coefficient (Wildman–Crippen LogP) is 14.5. The Morgan fingerprint density at radius 1 is 0.383 bits per heavy atom. The van der Waals surface area contributed by atoms with Crippen molar-refractivity contribution < 1.29 is 8.42 Å². The molecule has 3 aliphatic rings. The van der Waals surface area contributed by atoms with Gasteiger partial charge < -0.3 is 9.80 Å². The van der Waals surface area contributed by atoms with Crippen LogP contribution in [0.25, 0.3) is 22.3 Å². The van der Waals surface area contributed by atoms with Crippen LogP contribution >= 0.6 is 11.8 Å². The first-order valence-corrected chi connectivity index (χ1v) is 22.7. The van der Waals surface area contributed by atoms with Gasteiger partial charge in [0.05, 0.1) is 32.5 Å². The van der Waals surface area contributed by atoms with Gasteiger partial charge in [-0.1, -0.05) is 149 Å². The van der Waals surface area contributed by atoms with Gasteiger partial charge in [0.15, 0.2) is 0 Å². The van der Waals surface area contributed by atoms with Crippen LogP contribution in [0.5, 0.6) is 0 Å². The summed E-state index contributed by atoms with van der Waals surface area (Å²) < 4.78 is 28.2. The quantitative estimate of drug-likeness (QED) is 0.177. The average molecular weight is 815 g/mol. The van der Waals surface area contributed by atoms with Gasteiger partial charge >= 0.3 is 0 Å². The van der Waals surface area contributed by atoms with Crippen LogP contribution in [0, 0.1) is 0 Å². The molecule has 0 spiro atoms. The van der Waals surface area contributed by atoms with Gasteiger partial charge in [0.2, 0.25) is 9.84 Å². The smallest absolute Gasteiger partial charge is 0.208 e. The molecule has 0 radical (unpaired) electrons. The lowest BCUT2D eigenvalue weighted by molar-refractivity contribution is 0.591. The molecule has 11 rings (SSSR count). The number of rotatable bonds is 4. The average Bonchev–Trinajstić information content (AvgIpc) is 3.27. The van der Waals surface area contributed by atoms with Crippen LogP contribution in [0.4, 0.5) is 34.1 Å². The molecule has 292 valence electrons. The van der Waals surface area contributed by atoms with E-state index in [1.165, 1.54) is 56.8 Å². The van der Waals surface area contributed by atoms with Crippen LogP contribution in [0.1, 0.15) is 49.9 Å². The van der Waals surface area contributed by atoms with Crippen molar-refractivity contribution in [2.45, 2.75) is 58.1 Å². The summed E-state index contributed by atoms with van der Waals surface area (Å²) >= 11 is 1.53. The fourth-order valence-electron chi connectivity index (χ4n) is 9.72. The molecule has 0 aliphatic carbocycles. The summed E-state index contributed by atoms with van der Waals surface area (Å²) in [6, 6.07) is 63.4. The molecule has 3 aliphatic heterocycles. The maximum absolute atomic E-state index is 14.1. The lowest BCUT2D eigenvalue weighted by atomic mass is 9.73. The molecular formula is C54H42N2O2S2. The van der Waals surface area contributed by atoms with Gasteiger partial charge in [-0.2, -0.15) is 0 Å². The number of para-hydroxylation sites is 4.